The second-order valence-corrected chi connectivity index (χ2v) is 7.92. The van der Waals surface area contributed by atoms with E-state index in [0.717, 1.165) is 33.2 Å². The van der Waals surface area contributed by atoms with Gasteiger partial charge in [-0.25, -0.2) is 0 Å². The van der Waals surface area contributed by atoms with Crippen molar-refractivity contribution in [3.63, 3.8) is 0 Å². The Kier molecular flexibility index (Phi) is 6.72. The van der Waals surface area contributed by atoms with Crippen molar-refractivity contribution in [2.24, 2.45) is 0 Å². The zero-order chi connectivity index (χ0) is 19.4. The van der Waals surface area contributed by atoms with Crippen LogP contribution in [0.25, 0.3) is 0 Å². The Bertz CT molecular complexity index is 831. The summed E-state index contributed by atoms with van der Waals surface area (Å²) in [6.07, 6.45) is 5.64. The largest absolute Gasteiger partial charge is 0.488 e. The number of hydrogen-bond donors (Lipinski definition) is 0. The van der Waals surface area contributed by atoms with Crippen LogP contribution in [0.5, 0.6) is 11.5 Å². The maximum atomic E-state index is 11.8. The smallest absolute Gasteiger partial charge is 0.310 e. The number of hydrogen-bond acceptors (Lipinski definition) is 4. The lowest BCUT2D eigenvalue weighted by atomic mass is 10.0. The van der Waals surface area contributed by atoms with Crippen LogP contribution in [0.2, 0.25) is 5.02 Å². The van der Waals surface area contributed by atoms with Crippen molar-refractivity contribution in [3.05, 3.63) is 52.0 Å². The molecular formula is C22H25ClO3S. The van der Waals surface area contributed by atoms with E-state index in [-0.39, 0.29) is 5.97 Å². The first-order valence-corrected chi connectivity index (χ1v) is 11.0. The highest BCUT2D eigenvalue weighted by Crippen LogP contribution is 2.46. The summed E-state index contributed by atoms with van der Waals surface area (Å²) in [7, 11) is 0. The maximum absolute atomic E-state index is 11.8. The molecule has 0 spiro atoms. The van der Waals surface area contributed by atoms with Gasteiger partial charge in [-0.15, -0.1) is 11.8 Å². The monoisotopic (exact) mass is 404 g/mol. The third-order valence-electron chi connectivity index (χ3n) is 4.77. The number of rotatable bonds is 8. The molecule has 0 atom stereocenters. The molecule has 0 radical (unpaired) electrons. The topological polar surface area (TPSA) is 35.5 Å². The van der Waals surface area contributed by atoms with E-state index in [9.17, 15) is 4.79 Å². The molecule has 0 heterocycles. The van der Waals surface area contributed by atoms with Crippen LogP contribution < -0.4 is 9.47 Å². The van der Waals surface area contributed by atoms with E-state index in [4.69, 9.17) is 21.1 Å². The van der Waals surface area contributed by atoms with Crippen LogP contribution >= 0.6 is 23.4 Å². The first-order chi connectivity index (χ1) is 13.1. The lowest BCUT2D eigenvalue weighted by Gasteiger charge is -2.17. The number of thioether (sulfide) groups is 1. The van der Waals surface area contributed by atoms with Crippen molar-refractivity contribution >= 4 is 29.3 Å². The number of carbonyl (C=O) groups excluding carboxylic acids is 1. The predicted octanol–water partition coefficient (Wildman–Crippen LogP) is 6.40. The first kappa shape index (κ1) is 20.1. The number of carbonyl (C=O) groups is 1. The fourth-order valence-corrected chi connectivity index (χ4v) is 3.96. The predicted molar refractivity (Wildman–Crippen MR) is 111 cm³/mol. The first-order valence-electron chi connectivity index (χ1n) is 9.39. The minimum Gasteiger partial charge on any atom is -0.488 e. The van der Waals surface area contributed by atoms with E-state index in [1.54, 1.807) is 18.7 Å². The molecule has 3 nitrogen and oxygen atoms in total. The summed E-state index contributed by atoms with van der Waals surface area (Å²) in [4.78, 5) is 12.8. The van der Waals surface area contributed by atoms with Gasteiger partial charge in [0.25, 0.3) is 0 Å². The van der Waals surface area contributed by atoms with Crippen LogP contribution in [0.15, 0.2) is 35.2 Å². The van der Waals surface area contributed by atoms with E-state index in [2.05, 4.69) is 13.0 Å². The summed E-state index contributed by atoms with van der Waals surface area (Å²) in [6, 6.07) is 9.86. The Morgan fingerprint density at radius 2 is 2.00 bits per heavy atom. The summed E-state index contributed by atoms with van der Waals surface area (Å²) < 4.78 is 11.7. The minimum atomic E-state index is -0.247. The summed E-state index contributed by atoms with van der Waals surface area (Å²) in [5.74, 6) is 1.72. The van der Waals surface area contributed by atoms with Gasteiger partial charge in [-0.05, 0) is 60.8 Å². The van der Waals surface area contributed by atoms with Gasteiger partial charge >= 0.3 is 5.97 Å². The van der Waals surface area contributed by atoms with Crippen LogP contribution in [0, 0.1) is 0 Å². The van der Waals surface area contributed by atoms with Crippen LogP contribution in [0.4, 0.5) is 0 Å². The third kappa shape index (κ3) is 4.80. The highest BCUT2D eigenvalue weighted by Gasteiger charge is 2.28. The Morgan fingerprint density at radius 3 is 2.63 bits per heavy atom. The quantitative estimate of drug-likeness (QED) is 0.290. The molecule has 5 heteroatoms. The van der Waals surface area contributed by atoms with Gasteiger partial charge in [0, 0.05) is 21.9 Å². The van der Waals surface area contributed by atoms with Gasteiger partial charge in [-0.3, -0.25) is 4.79 Å². The van der Waals surface area contributed by atoms with Gasteiger partial charge < -0.3 is 9.47 Å². The van der Waals surface area contributed by atoms with Crippen LogP contribution in [0.3, 0.4) is 0 Å². The SMILES string of the molecule is CCC(=O)Oc1cccc(SC)c1COc1cc(Cl)c(CC)cc1C1CC1. The van der Waals surface area contributed by atoms with Gasteiger partial charge in [-0.1, -0.05) is 37.6 Å². The molecule has 2 aromatic carbocycles. The zero-order valence-electron chi connectivity index (χ0n) is 16.0. The van der Waals surface area contributed by atoms with E-state index >= 15 is 0 Å². The Balaban J connectivity index is 1.88. The molecule has 0 N–H and O–H groups in total. The molecule has 1 fully saturated rings. The molecule has 144 valence electrons. The minimum absolute atomic E-state index is 0.247. The summed E-state index contributed by atoms with van der Waals surface area (Å²) in [5.41, 5.74) is 3.29. The number of halogens is 1. The summed E-state index contributed by atoms with van der Waals surface area (Å²) in [5, 5.41) is 0.743. The van der Waals surface area contributed by atoms with E-state index in [1.165, 1.54) is 18.4 Å². The van der Waals surface area contributed by atoms with Crippen molar-refractivity contribution in [2.45, 2.75) is 57.0 Å². The number of benzene rings is 2. The Labute approximate surface area is 170 Å². The van der Waals surface area contributed by atoms with E-state index in [1.807, 2.05) is 30.5 Å². The van der Waals surface area contributed by atoms with Crippen molar-refractivity contribution in [1.82, 2.24) is 0 Å². The molecule has 3 rings (SSSR count). The molecule has 27 heavy (non-hydrogen) atoms. The molecular weight excluding hydrogens is 380 g/mol. The molecule has 1 aliphatic carbocycles. The van der Waals surface area contributed by atoms with Crippen LogP contribution in [-0.4, -0.2) is 12.2 Å². The second-order valence-electron chi connectivity index (χ2n) is 6.66. The van der Waals surface area contributed by atoms with Gasteiger partial charge in [0.1, 0.15) is 18.1 Å². The van der Waals surface area contributed by atoms with Gasteiger partial charge in [-0.2, -0.15) is 0 Å². The highest BCUT2D eigenvalue weighted by molar-refractivity contribution is 7.98. The average molecular weight is 405 g/mol. The molecule has 0 amide bonds. The molecule has 0 saturated heterocycles. The fraction of sp³-hybridized carbons (Fsp3) is 0.409. The van der Waals surface area contributed by atoms with Crippen LogP contribution in [0.1, 0.15) is 55.7 Å². The molecule has 0 unspecified atom stereocenters. The Morgan fingerprint density at radius 1 is 1.22 bits per heavy atom. The van der Waals surface area contributed by atoms with Gasteiger partial charge in [0.2, 0.25) is 0 Å². The summed E-state index contributed by atoms with van der Waals surface area (Å²) in [6.45, 7) is 4.24. The fourth-order valence-electron chi connectivity index (χ4n) is 3.05. The van der Waals surface area contributed by atoms with Crippen molar-refractivity contribution in [2.75, 3.05) is 6.26 Å². The van der Waals surface area contributed by atoms with Crippen molar-refractivity contribution in [1.29, 1.82) is 0 Å². The molecule has 1 saturated carbocycles. The molecule has 1 aliphatic rings. The van der Waals surface area contributed by atoms with Gasteiger partial charge in [0.05, 0.1) is 0 Å². The highest BCUT2D eigenvalue weighted by atomic mass is 35.5. The molecule has 0 aliphatic heterocycles. The number of esters is 1. The zero-order valence-corrected chi connectivity index (χ0v) is 17.6. The molecule has 0 bridgehead atoms. The lowest BCUT2D eigenvalue weighted by Crippen LogP contribution is -2.09. The number of aryl methyl sites for hydroxylation is 1. The Hall–Kier alpha value is -1.65. The summed E-state index contributed by atoms with van der Waals surface area (Å²) >= 11 is 8.05. The lowest BCUT2D eigenvalue weighted by molar-refractivity contribution is -0.134. The van der Waals surface area contributed by atoms with Crippen molar-refractivity contribution < 1.29 is 14.3 Å². The molecule has 2 aromatic rings. The second kappa shape index (κ2) is 9.03. The normalized spacial score (nSPS) is 13.5. The van der Waals surface area contributed by atoms with Gasteiger partial charge in [0.15, 0.2) is 0 Å². The third-order valence-corrected chi connectivity index (χ3v) is 5.95. The van der Waals surface area contributed by atoms with Crippen molar-refractivity contribution in [3.8, 4) is 11.5 Å². The number of ether oxygens (including phenoxy) is 2. The average Bonchev–Trinajstić information content (AvgIpc) is 3.51. The maximum Gasteiger partial charge on any atom is 0.310 e. The molecule has 0 aromatic heterocycles. The standard InChI is InChI=1S/C22H25ClO3S/c1-4-14-11-16(15-9-10-15)20(12-18(14)23)25-13-17-19(26-22(24)5-2)7-6-8-21(17)27-3/h6-8,11-12,15H,4-5,9-10,13H2,1-3H3. The van der Waals surface area contributed by atoms with E-state index < -0.39 is 0 Å². The van der Waals surface area contributed by atoms with E-state index in [0.29, 0.717) is 24.7 Å². The van der Waals surface area contributed by atoms with Crippen LogP contribution in [-0.2, 0) is 17.8 Å².